The highest BCUT2D eigenvalue weighted by Crippen LogP contribution is 2.50. The minimum atomic E-state index is -1.41. The van der Waals surface area contributed by atoms with Crippen molar-refractivity contribution in [2.24, 2.45) is 35.5 Å². The lowest BCUT2D eigenvalue weighted by Gasteiger charge is -2.41. The van der Waals surface area contributed by atoms with Gasteiger partial charge < -0.3 is 31.3 Å². The van der Waals surface area contributed by atoms with Gasteiger partial charge in [-0.25, -0.2) is 4.98 Å². The molecule has 0 saturated heterocycles. The number of pyridine rings is 1. The summed E-state index contributed by atoms with van der Waals surface area (Å²) >= 11 is 0. The summed E-state index contributed by atoms with van der Waals surface area (Å²) in [6, 6.07) is 3.69. The first kappa shape index (κ1) is 32.6. The molecule has 0 spiro atoms. The van der Waals surface area contributed by atoms with E-state index in [1.54, 1.807) is 12.3 Å². The van der Waals surface area contributed by atoms with Crippen molar-refractivity contribution in [1.29, 1.82) is 0 Å². The zero-order valence-electron chi connectivity index (χ0n) is 25.1. The number of anilines is 1. The number of carbonyl (C=O) groups is 1. The number of nitrogen functional groups attached to an aromatic ring is 1. The van der Waals surface area contributed by atoms with Crippen LogP contribution in [-0.2, 0) is 11.2 Å². The number of nitrogens with two attached hydrogens (primary N) is 1. The van der Waals surface area contributed by atoms with Crippen LogP contribution in [0.5, 0.6) is 0 Å². The number of aromatic nitrogens is 1. The van der Waals surface area contributed by atoms with Crippen molar-refractivity contribution in [3.8, 4) is 0 Å². The zero-order chi connectivity index (χ0) is 30.3. The zero-order valence-corrected chi connectivity index (χ0v) is 25.1. The van der Waals surface area contributed by atoms with E-state index in [4.69, 9.17) is 5.73 Å². The van der Waals surface area contributed by atoms with E-state index in [1.165, 1.54) is 19.3 Å². The number of carboxylic acid groups (broad SMARTS) is 1. The van der Waals surface area contributed by atoms with E-state index in [0.29, 0.717) is 37.4 Å². The van der Waals surface area contributed by atoms with Gasteiger partial charge in [-0.2, -0.15) is 0 Å². The standard InChI is InChI=1S/C34H52N2O6/c1-2-3-5-8-22-11-12-24(29(37)18-22)9-6-4-7-10-27(33(40)41)32(39)25-13-14-28-26(20-30(38)34(28,42)21-25)17-23-15-16-36-31(35)19-23/h11-16,19,22,24-30,32,37-39,42H,2-10,17-18,20-21H2,1H3,(H2,35,36)(H,40,41)/t22-,24-,25-,26+,27+,28+,29-,30-,32-,34-/m1/s1. The number of nitrogens with zero attached hydrogens (tertiary/aromatic N) is 1. The predicted molar refractivity (Wildman–Crippen MR) is 163 cm³/mol. The summed E-state index contributed by atoms with van der Waals surface area (Å²) in [5.41, 5.74) is 5.41. The third-order valence-electron chi connectivity index (χ3n) is 10.2. The van der Waals surface area contributed by atoms with Crippen molar-refractivity contribution in [2.45, 2.75) is 114 Å². The van der Waals surface area contributed by atoms with Gasteiger partial charge in [0, 0.05) is 24.0 Å². The van der Waals surface area contributed by atoms with Crippen LogP contribution in [0, 0.1) is 35.5 Å². The molecule has 0 bridgehead atoms. The largest absolute Gasteiger partial charge is 0.481 e. The highest BCUT2D eigenvalue weighted by atomic mass is 16.4. The first-order chi connectivity index (χ1) is 20.1. The summed E-state index contributed by atoms with van der Waals surface area (Å²) in [6.07, 6.45) is 17.8. The van der Waals surface area contributed by atoms with Crippen molar-refractivity contribution < 1.29 is 30.3 Å². The van der Waals surface area contributed by atoms with Gasteiger partial charge in [0.05, 0.1) is 29.8 Å². The van der Waals surface area contributed by atoms with Crippen molar-refractivity contribution in [1.82, 2.24) is 4.98 Å². The lowest BCUT2D eigenvalue weighted by Crippen LogP contribution is -2.49. The molecule has 0 unspecified atom stereocenters. The van der Waals surface area contributed by atoms with Crippen molar-refractivity contribution in [3.63, 3.8) is 0 Å². The first-order valence-corrected chi connectivity index (χ1v) is 16.2. The van der Waals surface area contributed by atoms with Gasteiger partial charge in [-0.3, -0.25) is 4.79 Å². The van der Waals surface area contributed by atoms with E-state index >= 15 is 0 Å². The predicted octanol–water partition coefficient (Wildman–Crippen LogP) is 4.66. The van der Waals surface area contributed by atoms with Gasteiger partial charge in [-0.1, -0.05) is 69.8 Å². The second kappa shape index (κ2) is 15.0. The molecule has 0 aromatic carbocycles. The molecule has 234 valence electrons. The van der Waals surface area contributed by atoms with E-state index in [2.05, 4.69) is 24.1 Å². The van der Waals surface area contributed by atoms with Crippen LogP contribution in [0.4, 0.5) is 5.82 Å². The third-order valence-corrected chi connectivity index (χ3v) is 10.2. The number of allylic oxidation sites excluding steroid dienone is 1. The summed E-state index contributed by atoms with van der Waals surface area (Å²) in [5.74, 6) is -1.76. The Morgan fingerprint density at radius 2 is 1.86 bits per heavy atom. The minimum Gasteiger partial charge on any atom is -0.481 e. The highest BCUT2D eigenvalue weighted by Gasteiger charge is 2.55. The lowest BCUT2D eigenvalue weighted by molar-refractivity contribution is -0.149. The molecular weight excluding hydrogens is 532 g/mol. The molecule has 7 N–H and O–H groups in total. The molecule has 1 aromatic heterocycles. The number of aliphatic hydroxyl groups excluding tert-OH is 3. The number of aliphatic hydroxyl groups is 4. The van der Waals surface area contributed by atoms with Crippen LogP contribution in [0.3, 0.4) is 0 Å². The second-order valence-corrected chi connectivity index (χ2v) is 13.3. The summed E-state index contributed by atoms with van der Waals surface area (Å²) in [5, 5.41) is 54.2. The topological polar surface area (TPSA) is 157 Å². The molecular formula is C34H52N2O6. The van der Waals surface area contributed by atoms with Crippen LogP contribution < -0.4 is 5.73 Å². The van der Waals surface area contributed by atoms with Gasteiger partial charge >= 0.3 is 5.97 Å². The molecule has 1 saturated carbocycles. The van der Waals surface area contributed by atoms with Crippen molar-refractivity contribution in [2.75, 3.05) is 5.73 Å². The molecule has 3 aliphatic rings. The van der Waals surface area contributed by atoms with Gasteiger partial charge in [0.25, 0.3) is 0 Å². The molecule has 8 nitrogen and oxygen atoms in total. The fourth-order valence-corrected chi connectivity index (χ4v) is 7.75. The maximum atomic E-state index is 12.2. The molecule has 1 heterocycles. The maximum Gasteiger partial charge on any atom is 0.309 e. The van der Waals surface area contributed by atoms with Crippen LogP contribution in [0.25, 0.3) is 0 Å². The van der Waals surface area contributed by atoms with E-state index in [0.717, 1.165) is 37.7 Å². The molecule has 0 radical (unpaired) electrons. The van der Waals surface area contributed by atoms with Crippen LogP contribution >= 0.6 is 0 Å². The fraction of sp³-hybridized carbons (Fsp3) is 0.706. The lowest BCUT2D eigenvalue weighted by atomic mass is 9.70. The number of hydrogen-bond donors (Lipinski definition) is 6. The smallest absolute Gasteiger partial charge is 0.309 e. The quantitative estimate of drug-likeness (QED) is 0.128. The Balaban J connectivity index is 1.26. The Kier molecular flexibility index (Phi) is 11.6. The maximum absolute atomic E-state index is 12.2. The molecule has 10 atom stereocenters. The average molecular weight is 585 g/mol. The monoisotopic (exact) mass is 584 g/mol. The van der Waals surface area contributed by atoms with Crippen molar-refractivity contribution >= 4 is 11.8 Å². The Hall–Kier alpha value is -2.26. The van der Waals surface area contributed by atoms with Gasteiger partial charge in [0.15, 0.2) is 0 Å². The molecule has 8 heteroatoms. The fourth-order valence-electron chi connectivity index (χ4n) is 7.75. The number of rotatable bonds is 15. The normalized spacial score (nSPS) is 33.8. The average Bonchev–Trinajstić information content (AvgIpc) is 3.19. The second-order valence-electron chi connectivity index (χ2n) is 13.3. The van der Waals surface area contributed by atoms with Crippen molar-refractivity contribution in [3.05, 3.63) is 48.2 Å². The SMILES string of the molecule is CCCCC[C@@H]1C=C[C@@H](CCCCC[C@H](C(=O)O)[C@H](O)[C@@H]2C=C[C@H]3[C@@H](Cc4ccnc(N)c4)C[C@@H](O)[C@@]3(O)C2)[C@H](O)C1. The summed E-state index contributed by atoms with van der Waals surface area (Å²) in [4.78, 5) is 16.2. The Labute approximate surface area is 250 Å². The number of unbranched alkanes of at least 4 members (excludes halogenated alkanes) is 4. The molecule has 0 aliphatic heterocycles. The van der Waals surface area contributed by atoms with E-state index in [1.807, 2.05) is 18.2 Å². The summed E-state index contributed by atoms with van der Waals surface area (Å²) in [7, 11) is 0. The van der Waals surface area contributed by atoms with Gasteiger partial charge in [-0.05, 0) is 74.5 Å². The third kappa shape index (κ3) is 8.01. The molecule has 0 amide bonds. The van der Waals surface area contributed by atoms with E-state index in [-0.39, 0.29) is 30.3 Å². The molecule has 4 rings (SSSR count). The minimum absolute atomic E-state index is 0.000819. The van der Waals surface area contributed by atoms with Crippen LogP contribution in [0.1, 0.15) is 89.5 Å². The highest BCUT2D eigenvalue weighted by molar-refractivity contribution is 5.70. The molecule has 3 aliphatic carbocycles. The van der Waals surface area contributed by atoms with Gasteiger partial charge in [0.2, 0.25) is 0 Å². The number of hydrogen-bond acceptors (Lipinski definition) is 7. The Morgan fingerprint density at radius 3 is 2.57 bits per heavy atom. The summed E-state index contributed by atoms with van der Waals surface area (Å²) in [6.45, 7) is 2.20. The van der Waals surface area contributed by atoms with Crippen LogP contribution in [0.2, 0.25) is 0 Å². The Morgan fingerprint density at radius 1 is 1.07 bits per heavy atom. The van der Waals surface area contributed by atoms with Crippen LogP contribution in [0.15, 0.2) is 42.6 Å². The van der Waals surface area contributed by atoms with Gasteiger partial charge in [0.1, 0.15) is 5.82 Å². The first-order valence-electron chi connectivity index (χ1n) is 16.2. The number of aliphatic carboxylic acids is 1. The van der Waals surface area contributed by atoms with Crippen LogP contribution in [-0.4, -0.2) is 60.4 Å². The molecule has 1 aromatic rings. The Bertz CT molecular complexity index is 1080. The van der Waals surface area contributed by atoms with E-state index in [9.17, 15) is 30.3 Å². The molecule has 42 heavy (non-hydrogen) atoms. The van der Waals surface area contributed by atoms with Gasteiger partial charge in [-0.15, -0.1) is 0 Å². The van der Waals surface area contributed by atoms with E-state index < -0.39 is 35.6 Å². The number of carboxylic acids is 1. The molecule has 1 fully saturated rings. The number of fused-ring (bicyclic) bond motifs is 1. The summed E-state index contributed by atoms with van der Waals surface area (Å²) < 4.78 is 0.